The first kappa shape index (κ1) is 42.3. The van der Waals surface area contributed by atoms with Crippen molar-refractivity contribution >= 4 is 83.6 Å². The maximum Gasteiger partial charge on any atom is 1.00 e. The summed E-state index contributed by atoms with van der Waals surface area (Å²) < 4.78 is 143. The predicted octanol–water partition coefficient (Wildman–Crippen LogP) is -13.6. The molecule has 0 aromatic heterocycles. The van der Waals surface area contributed by atoms with Gasteiger partial charge in [-0.15, -0.1) is 0 Å². The van der Waals surface area contributed by atoms with Crippen molar-refractivity contribution in [3.8, 4) is 11.5 Å². The van der Waals surface area contributed by atoms with Crippen LogP contribution < -0.4 is 139 Å². The van der Waals surface area contributed by atoms with Crippen LogP contribution >= 0.6 is 0 Å². The Kier molecular flexibility index (Phi) is 12.7. The average molecular weight is 722 g/mol. The van der Waals surface area contributed by atoms with E-state index in [1.165, 1.54) is 0 Å². The molecule has 0 unspecified atom stereocenters. The minimum Gasteiger partial charge on any atom is -0.872 e. The first-order chi connectivity index (χ1) is 18.1. The summed E-state index contributed by atoms with van der Waals surface area (Å²) >= 11 is 0. The Balaban J connectivity index is 0.00000242. The molecule has 0 bridgehead atoms. The van der Waals surface area contributed by atoms with Crippen LogP contribution in [0.5, 0.6) is 11.5 Å². The Hall–Kier alpha value is 0.240. The molecule has 5 rings (SSSR count). The Labute approximate surface area is 334 Å². The average Bonchev–Trinajstić information content (AvgIpc) is 2.76. The molecule has 0 aliphatic rings. The number of hydrogen-bond donors (Lipinski definition) is 2. The van der Waals surface area contributed by atoms with Crippen molar-refractivity contribution in [1.82, 2.24) is 0 Å². The van der Waals surface area contributed by atoms with Crippen LogP contribution in [0.15, 0.2) is 53.4 Å². The summed E-state index contributed by atoms with van der Waals surface area (Å²) in [5.74, 6) is -3.16. The quantitative estimate of drug-likeness (QED) is 0.0753. The van der Waals surface area contributed by atoms with Gasteiger partial charge in [0, 0.05) is 55.2 Å². The molecule has 0 atom stereocenters. The SMILES string of the molecule is O=c1cc(S(=O)(=O)O)c2c3c(S(=O)(=O)O)cc(=O)c4c([O-])cc(S(=O)(=O)[O-])c(c5c(S(=O)(=O)[O-])cc([O-])c1c52)c43.[Na+].[Na+].[Na+].[Na+]. The van der Waals surface area contributed by atoms with E-state index in [0.717, 1.165) is 0 Å². The standard InChI is InChI=1S/C20H10O16S4.4Na/c21-5-1-9(37(25,26)27)15-16-10(38(28,29)30)3-7(23)14-8(24)4-12(40(34,35)36)18(20(14)16)17-11(39(31,32)33)2-6(22)13(5)19(15)17;;;;/h1-4,21,23H,(H,25,26,27)(H,28,29,30)(H,31,32,33)(H,34,35,36);;;;/q;4*+1/p-4. The van der Waals surface area contributed by atoms with Crippen molar-refractivity contribution in [3.63, 3.8) is 0 Å². The monoisotopic (exact) mass is 722 g/mol. The first-order valence-electron chi connectivity index (χ1n) is 9.97. The van der Waals surface area contributed by atoms with E-state index >= 15 is 0 Å². The molecule has 0 aliphatic carbocycles. The number of benzene rings is 5. The molecule has 5 aromatic carbocycles. The van der Waals surface area contributed by atoms with E-state index in [9.17, 15) is 71.7 Å². The van der Waals surface area contributed by atoms with Crippen LogP contribution in [0.3, 0.4) is 0 Å². The van der Waals surface area contributed by atoms with Gasteiger partial charge in [-0.1, -0.05) is 23.6 Å². The molecular weight excluding hydrogens is 716 g/mol. The van der Waals surface area contributed by atoms with Gasteiger partial charge in [0.25, 0.3) is 20.2 Å². The van der Waals surface area contributed by atoms with Crippen molar-refractivity contribution < 1.29 is 180 Å². The van der Waals surface area contributed by atoms with Crippen LogP contribution in [0.1, 0.15) is 0 Å². The molecule has 16 nitrogen and oxygen atoms in total. The Morgan fingerprint density at radius 2 is 0.682 bits per heavy atom. The molecule has 0 amide bonds. The van der Waals surface area contributed by atoms with Gasteiger partial charge >= 0.3 is 118 Å². The van der Waals surface area contributed by atoms with Crippen LogP contribution in [0.2, 0.25) is 0 Å². The van der Waals surface area contributed by atoms with Gasteiger partial charge in [-0.25, -0.2) is 16.8 Å². The summed E-state index contributed by atoms with van der Waals surface area (Å²) in [5.41, 5.74) is -3.12. The van der Waals surface area contributed by atoms with Gasteiger partial charge in [0.1, 0.15) is 30.0 Å². The maximum absolute atomic E-state index is 12.8. The zero-order valence-corrected chi connectivity index (χ0v) is 33.8. The molecule has 44 heavy (non-hydrogen) atoms. The summed E-state index contributed by atoms with van der Waals surface area (Å²) in [6, 6.07) is 0.246. The van der Waals surface area contributed by atoms with E-state index in [0.29, 0.717) is 0 Å². The minimum absolute atomic E-state index is 0. The predicted molar refractivity (Wildman–Crippen MR) is 126 cm³/mol. The van der Waals surface area contributed by atoms with E-state index in [1.807, 2.05) is 0 Å². The van der Waals surface area contributed by atoms with Crippen molar-refractivity contribution in [1.29, 1.82) is 0 Å². The summed E-state index contributed by atoms with van der Waals surface area (Å²) in [5, 5.41) is 15.7. The summed E-state index contributed by atoms with van der Waals surface area (Å²) in [6.07, 6.45) is 0. The van der Waals surface area contributed by atoms with E-state index in [-0.39, 0.29) is 142 Å². The van der Waals surface area contributed by atoms with Crippen molar-refractivity contribution in [2.75, 3.05) is 0 Å². The minimum atomic E-state index is -5.91. The van der Waals surface area contributed by atoms with Gasteiger partial charge in [-0.05, 0) is 0 Å². The van der Waals surface area contributed by atoms with Crippen molar-refractivity contribution in [3.05, 3.63) is 44.7 Å². The third kappa shape index (κ3) is 6.61. The van der Waals surface area contributed by atoms with E-state index in [2.05, 4.69) is 0 Å². The molecule has 0 radical (unpaired) electrons. The summed E-state index contributed by atoms with van der Waals surface area (Å²) in [7, 11) is -23.1. The Bertz CT molecular complexity index is 2390. The fraction of sp³-hybridized carbons (Fsp3) is 0. The molecule has 0 aliphatic heterocycles. The normalized spacial score (nSPS) is 12.5. The summed E-state index contributed by atoms with van der Waals surface area (Å²) in [4.78, 5) is 19.3. The zero-order chi connectivity index (χ0) is 30.1. The third-order valence-electron chi connectivity index (χ3n) is 6.11. The topological polar surface area (TPSA) is 303 Å². The third-order valence-corrected chi connectivity index (χ3v) is 9.59. The van der Waals surface area contributed by atoms with Gasteiger partial charge in [-0.2, -0.15) is 16.8 Å². The zero-order valence-electron chi connectivity index (χ0n) is 22.6. The molecule has 0 fully saturated rings. The first-order valence-corrected chi connectivity index (χ1v) is 15.7. The maximum atomic E-state index is 12.8. The fourth-order valence-corrected chi connectivity index (χ4v) is 7.67. The molecule has 210 valence electrons. The van der Waals surface area contributed by atoms with Crippen LogP contribution in [-0.4, -0.2) is 51.9 Å². The van der Waals surface area contributed by atoms with Gasteiger partial charge in [0.05, 0.1) is 9.79 Å². The van der Waals surface area contributed by atoms with Crippen LogP contribution in [0, 0.1) is 0 Å². The van der Waals surface area contributed by atoms with Crippen molar-refractivity contribution in [2.45, 2.75) is 19.6 Å². The summed E-state index contributed by atoms with van der Waals surface area (Å²) in [6.45, 7) is 0. The molecule has 0 heterocycles. The van der Waals surface area contributed by atoms with E-state index in [4.69, 9.17) is 0 Å². The smallest absolute Gasteiger partial charge is 0.872 e. The molecule has 5 aromatic rings. The van der Waals surface area contributed by atoms with Gasteiger partial charge < -0.3 is 19.3 Å². The van der Waals surface area contributed by atoms with Crippen molar-refractivity contribution in [2.24, 2.45) is 0 Å². The molecule has 0 saturated heterocycles. The van der Waals surface area contributed by atoms with Gasteiger partial charge in [0.2, 0.25) is 0 Å². The number of fused-ring (bicyclic) bond motifs is 2. The van der Waals surface area contributed by atoms with Gasteiger partial charge in [0.15, 0.2) is 10.9 Å². The Morgan fingerprint density at radius 1 is 0.432 bits per heavy atom. The molecular formula is C20H6Na4O16S4. The molecule has 0 spiro atoms. The van der Waals surface area contributed by atoms with Crippen LogP contribution in [-0.2, 0) is 40.5 Å². The second-order valence-corrected chi connectivity index (χ2v) is 13.8. The Morgan fingerprint density at radius 3 is 0.909 bits per heavy atom. The molecule has 2 N–H and O–H groups in total. The van der Waals surface area contributed by atoms with E-state index < -0.39 is 126 Å². The van der Waals surface area contributed by atoms with Crippen LogP contribution in [0.25, 0.3) is 43.1 Å². The largest absolute Gasteiger partial charge is 1.00 e. The van der Waals surface area contributed by atoms with Crippen LogP contribution in [0.4, 0.5) is 0 Å². The second-order valence-electron chi connectivity index (χ2n) is 8.35. The van der Waals surface area contributed by atoms with E-state index in [1.54, 1.807) is 0 Å². The number of rotatable bonds is 4. The van der Waals surface area contributed by atoms with Gasteiger partial charge in [-0.3, -0.25) is 18.7 Å². The molecule has 24 heteroatoms. The fourth-order valence-electron chi connectivity index (χ4n) is 4.83. The second kappa shape index (κ2) is 13.3. The number of hydrogen-bond acceptors (Lipinski definition) is 14. The molecule has 0 saturated carbocycles.